The molecule has 0 aliphatic rings. The third kappa shape index (κ3) is 3.83. The van der Waals surface area contributed by atoms with Crippen molar-refractivity contribution < 1.29 is 9.53 Å². The van der Waals surface area contributed by atoms with Gasteiger partial charge in [-0.25, -0.2) is 4.68 Å². The van der Waals surface area contributed by atoms with Crippen LogP contribution in [-0.4, -0.2) is 22.3 Å². The second kappa shape index (κ2) is 7.40. The Morgan fingerprint density at radius 3 is 2.76 bits per heavy atom. The first-order valence-electron chi connectivity index (χ1n) is 7.94. The van der Waals surface area contributed by atoms with Crippen molar-refractivity contribution in [3.05, 3.63) is 71.0 Å². The Labute approximate surface area is 151 Å². The molecule has 25 heavy (non-hydrogen) atoms. The lowest BCUT2D eigenvalue weighted by atomic mass is 10.2. The number of hydrogen-bond acceptors (Lipinski definition) is 3. The fourth-order valence-corrected chi connectivity index (χ4v) is 2.66. The van der Waals surface area contributed by atoms with Crippen LogP contribution < -0.4 is 10.1 Å². The van der Waals surface area contributed by atoms with E-state index in [9.17, 15) is 4.79 Å². The highest BCUT2D eigenvalue weighted by Crippen LogP contribution is 2.22. The molecule has 1 aromatic heterocycles. The Kier molecular flexibility index (Phi) is 5.05. The molecule has 0 aliphatic carbocycles. The van der Waals surface area contributed by atoms with Crippen LogP contribution in [0.3, 0.4) is 0 Å². The van der Waals surface area contributed by atoms with Gasteiger partial charge >= 0.3 is 0 Å². The van der Waals surface area contributed by atoms with E-state index in [0.29, 0.717) is 17.3 Å². The lowest BCUT2D eigenvalue weighted by Crippen LogP contribution is -2.14. The number of amides is 1. The largest absolute Gasteiger partial charge is 0.494 e. The Balaban J connectivity index is 1.77. The number of ether oxygens (including phenoxy) is 1. The quantitative estimate of drug-likeness (QED) is 0.733. The van der Waals surface area contributed by atoms with Crippen molar-refractivity contribution in [2.24, 2.45) is 0 Å². The minimum absolute atomic E-state index is 0.280. The van der Waals surface area contributed by atoms with Crippen molar-refractivity contribution in [2.45, 2.75) is 13.8 Å². The van der Waals surface area contributed by atoms with Crippen molar-refractivity contribution in [1.29, 1.82) is 0 Å². The zero-order chi connectivity index (χ0) is 17.8. The maximum atomic E-state index is 12.5. The molecule has 5 nitrogen and oxygen atoms in total. The number of carbonyl (C=O) groups excluding carboxylic acids is 1. The van der Waals surface area contributed by atoms with Crippen molar-refractivity contribution in [1.82, 2.24) is 9.78 Å². The second-order valence-corrected chi connectivity index (χ2v) is 5.87. The zero-order valence-electron chi connectivity index (χ0n) is 14.0. The molecular weight excluding hydrogens is 338 g/mol. The highest BCUT2D eigenvalue weighted by molar-refractivity contribution is 6.32. The molecule has 1 N–H and O–H groups in total. The van der Waals surface area contributed by atoms with Crippen molar-refractivity contribution in [2.75, 3.05) is 11.9 Å². The van der Waals surface area contributed by atoms with E-state index in [1.807, 2.05) is 50.2 Å². The Hall–Kier alpha value is -2.79. The molecule has 0 atom stereocenters. The van der Waals surface area contributed by atoms with Crippen LogP contribution in [0.5, 0.6) is 5.75 Å². The predicted octanol–water partition coefficient (Wildman–Crippen LogP) is 4.49. The number of benzene rings is 2. The molecule has 3 aromatic rings. The average Bonchev–Trinajstić information content (AvgIpc) is 3.08. The van der Waals surface area contributed by atoms with Crippen LogP contribution in [-0.2, 0) is 0 Å². The van der Waals surface area contributed by atoms with Gasteiger partial charge in [0.15, 0.2) is 5.69 Å². The van der Waals surface area contributed by atoms with Crippen LogP contribution in [0.1, 0.15) is 23.0 Å². The summed E-state index contributed by atoms with van der Waals surface area (Å²) in [6, 6.07) is 14.5. The average molecular weight is 356 g/mol. The molecule has 6 heteroatoms. The molecule has 0 fully saturated rings. The topological polar surface area (TPSA) is 56.1 Å². The predicted molar refractivity (Wildman–Crippen MR) is 98.9 cm³/mol. The summed E-state index contributed by atoms with van der Waals surface area (Å²) < 4.78 is 7.04. The van der Waals surface area contributed by atoms with Gasteiger partial charge < -0.3 is 10.1 Å². The summed E-state index contributed by atoms with van der Waals surface area (Å²) in [6.45, 7) is 4.45. The van der Waals surface area contributed by atoms with Gasteiger partial charge in [0.2, 0.25) is 0 Å². The number of nitrogens with one attached hydrogen (secondary N) is 1. The second-order valence-electron chi connectivity index (χ2n) is 5.46. The van der Waals surface area contributed by atoms with Gasteiger partial charge in [0.1, 0.15) is 5.75 Å². The highest BCUT2D eigenvalue weighted by Gasteiger charge is 2.13. The van der Waals surface area contributed by atoms with Crippen LogP contribution >= 0.6 is 11.6 Å². The standard InChI is InChI=1S/C19H18ClN3O2/c1-3-25-14-8-9-16(13(2)12-14)21-19(24)17-10-11-23(22-17)18-7-5-4-6-15(18)20/h4-12H,3H2,1-2H3,(H,21,24). The van der Waals surface area contributed by atoms with E-state index < -0.39 is 0 Å². The third-order valence-electron chi connectivity index (χ3n) is 3.68. The highest BCUT2D eigenvalue weighted by atomic mass is 35.5. The monoisotopic (exact) mass is 355 g/mol. The normalized spacial score (nSPS) is 10.5. The number of rotatable bonds is 5. The molecule has 1 amide bonds. The third-order valence-corrected chi connectivity index (χ3v) is 4.00. The summed E-state index contributed by atoms with van der Waals surface area (Å²) in [5, 5.41) is 7.75. The molecule has 1 heterocycles. The number of carbonyl (C=O) groups is 1. The number of para-hydroxylation sites is 1. The number of nitrogens with zero attached hydrogens (tertiary/aromatic N) is 2. The molecule has 3 rings (SSSR count). The molecule has 2 aromatic carbocycles. The maximum Gasteiger partial charge on any atom is 0.276 e. The van der Waals surface area contributed by atoms with Gasteiger partial charge in [-0.05, 0) is 55.8 Å². The molecule has 0 unspecified atom stereocenters. The maximum absolute atomic E-state index is 12.5. The number of hydrogen-bond donors (Lipinski definition) is 1. The fourth-order valence-electron chi connectivity index (χ4n) is 2.44. The minimum Gasteiger partial charge on any atom is -0.494 e. The molecular formula is C19H18ClN3O2. The van der Waals surface area contributed by atoms with E-state index in [1.54, 1.807) is 23.0 Å². The molecule has 0 radical (unpaired) electrons. The van der Waals surface area contributed by atoms with Gasteiger partial charge in [0.05, 0.1) is 17.3 Å². The summed E-state index contributed by atoms with van der Waals surface area (Å²) in [5.41, 5.74) is 2.68. The van der Waals surface area contributed by atoms with Crippen molar-refractivity contribution in [3.8, 4) is 11.4 Å². The molecule has 0 bridgehead atoms. The van der Waals surface area contributed by atoms with E-state index in [2.05, 4.69) is 10.4 Å². The van der Waals surface area contributed by atoms with Crippen LogP contribution in [0.4, 0.5) is 5.69 Å². The first-order valence-corrected chi connectivity index (χ1v) is 8.31. The van der Waals surface area contributed by atoms with Gasteiger partial charge in [-0.1, -0.05) is 23.7 Å². The molecule has 0 spiro atoms. The van der Waals surface area contributed by atoms with Crippen molar-refractivity contribution >= 4 is 23.2 Å². The lowest BCUT2D eigenvalue weighted by molar-refractivity contribution is 0.102. The van der Waals surface area contributed by atoms with Gasteiger partial charge in [-0.2, -0.15) is 5.10 Å². The molecule has 0 saturated carbocycles. The summed E-state index contributed by atoms with van der Waals surface area (Å²) in [4.78, 5) is 12.5. The summed E-state index contributed by atoms with van der Waals surface area (Å²) in [6.07, 6.45) is 1.71. The Morgan fingerprint density at radius 1 is 1.24 bits per heavy atom. The Bertz CT molecular complexity index is 905. The minimum atomic E-state index is -0.280. The molecule has 0 saturated heterocycles. The van der Waals surface area contributed by atoms with Gasteiger partial charge in [-0.3, -0.25) is 4.79 Å². The van der Waals surface area contributed by atoms with Crippen LogP contribution in [0, 0.1) is 6.92 Å². The van der Waals surface area contributed by atoms with E-state index in [-0.39, 0.29) is 5.91 Å². The molecule has 0 aliphatic heterocycles. The number of aromatic nitrogens is 2. The lowest BCUT2D eigenvalue weighted by Gasteiger charge is -2.10. The number of aryl methyl sites for hydroxylation is 1. The number of halogens is 1. The van der Waals surface area contributed by atoms with Crippen LogP contribution in [0.25, 0.3) is 5.69 Å². The fraction of sp³-hybridized carbons (Fsp3) is 0.158. The first kappa shape index (κ1) is 17.0. The summed E-state index contributed by atoms with van der Waals surface area (Å²) in [7, 11) is 0. The SMILES string of the molecule is CCOc1ccc(NC(=O)c2ccn(-c3ccccc3Cl)n2)c(C)c1. The van der Waals surface area contributed by atoms with Gasteiger partial charge in [-0.15, -0.1) is 0 Å². The van der Waals surface area contributed by atoms with Crippen LogP contribution in [0.15, 0.2) is 54.7 Å². The van der Waals surface area contributed by atoms with E-state index in [1.165, 1.54) is 0 Å². The van der Waals surface area contributed by atoms with Crippen molar-refractivity contribution in [3.63, 3.8) is 0 Å². The van der Waals surface area contributed by atoms with Gasteiger partial charge in [0.25, 0.3) is 5.91 Å². The van der Waals surface area contributed by atoms with Gasteiger partial charge in [0, 0.05) is 11.9 Å². The van der Waals surface area contributed by atoms with Crippen LogP contribution in [0.2, 0.25) is 5.02 Å². The first-order chi connectivity index (χ1) is 12.1. The van der Waals surface area contributed by atoms with E-state index >= 15 is 0 Å². The summed E-state index contributed by atoms with van der Waals surface area (Å²) >= 11 is 6.17. The summed E-state index contributed by atoms with van der Waals surface area (Å²) in [5.74, 6) is 0.499. The molecule has 128 valence electrons. The van der Waals surface area contributed by atoms with E-state index in [4.69, 9.17) is 16.3 Å². The van der Waals surface area contributed by atoms with E-state index in [0.717, 1.165) is 22.7 Å². The Morgan fingerprint density at radius 2 is 2.04 bits per heavy atom. The zero-order valence-corrected chi connectivity index (χ0v) is 14.7. The number of anilines is 1. The smallest absolute Gasteiger partial charge is 0.276 e.